The van der Waals surface area contributed by atoms with Crippen molar-refractivity contribution in [3.63, 3.8) is 0 Å². The number of nitro groups is 1. The van der Waals surface area contributed by atoms with Crippen molar-refractivity contribution in [1.29, 1.82) is 0 Å². The molecule has 1 aromatic heterocycles. The van der Waals surface area contributed by atoms with E-state index in [0.717, 1.165) is 10.0 Å². The second-order valence-corrected chi connectivity index (χ2v) is 6.13. The van der Waals surface area contributed by atoms with Gasteiger partial charge >= 0.3 is 0 Å². The molecular weight excluding hydrogens is 390 g/mol. The van der Waals surface area contributed by atoms with Crippen molar-refractivity contribution in [1.82, 2.24) is 14.8 Å². The first kappa shape index (κ1) is 16.8. The lowest BCUT2D eigenvalue weighted by Crippen LogP contribution is -2.13. The zero-order chi connectivity index (χ0) is 18.0. The molecule has 0 spiro atoms. The molecule has 1 amide bonds. The standard InChI is InChI=1S/C16H12BrN5O3/c1-10-2-4-12(17)7-13(10)20-16(23)11-3-5-14(15(6-11)22(24)25)21-9-18-8-19-21/h2-9H,1H3,(H,20,23). The third kappa shape index (κ3) is 3.56. The Kier molecular flexibility index (Phi) is 4.57. The summed E-state index contributed by atoms with van der Waals surface area (Å²) in [6.07, 6.45) is 2.63. The Morgan fingerprint density at radius 3 is 2.76 bits per heavy atom. The number of hydrogen-bond acceptors (Lipinski definition) is 5. The molecule has 3 rings (SSSR count). The van der Waals surface area contributed by atoms with Crippen molar-refractivity contribution in [2.24, 2.45) is 0 Å². The molecule has 8 nitrogen and oxygen atoms in total. The van der Waals surface area contributed by atoms with Crippen LogP contribution in [0.15, 0.2) is 53.5 Å². The molecule has 0 aliphatic heterocycles. The number of amides is 1. The number of carbonyl (C=O) groups excluding carboxylic acids is 1. The molecule has 126 valence electrons. The molecule has 0 saturated carbocycles. The van der Waals surface area contributed by atoms with Gasteiger partial charge in [-0.05, 0) is 36.8 Å². The Bertz CT molecular complexity index is 956. The molecule has 3 aromatic rings. The van der Waals surface area contributed by atoms with Gasteiger partial charge in [-0.2, -0.15) is 5.10 Å². The van der Waals surface area contributed by atoms with Crippen LogP contribution in [-0.4, -0.2) is 25.6 Å². The lowest BCUT2D eigenvalue weighted by molar-refractivity contribution is -0.384. The molecule has 25 heavy (non-hydrogen) atoms. The topological polar surface area (TPSA) is 103 Å². The number of benzene rings is 2. The number of nitro benzene ring substituents is 1. The molecule has 0 unspecified atom stereocenters. The summed E-state index contributed by atoms with van der Waals surface area (Å²) in [6.45, 7) is 1.86. The highest BCUT2D eigenvalue weighted by atomic mass is 79.9. The van der Waals surface area contributed by atoms with E-state index in [1.165, 1.54) is 35.5 Å². The summed E-state index contributed by atoms with van der Waals surface area (Å²) in [5, 5.41) is 18.0. The van der Waals surface area contributed by atoms with Crippen LogP contribution in [0, 0.1) is 17.0 Å². The number of anilines is 1. The van der Waals surface area contributed by atoms with Crippen LogP contribution >= 0.6 is 15.9 Å². The summed E-state index contributed by atoms with van der Waals surface area (Å²) in [7, 11) is 0. The first-order valence-corrected chi connectivity index (χ1v) is 7.96. The monoisotopic (exact) mass is 401 g/mol. The summed E-state index contributed by atoms with van der Waals surface area (Å²) >= 11 is 3.35. The highest BCUT2D eigenvalue weighted by Gasteiger charge is 2.19. The Balaban J connectivity index is 1.95. The van der Waals surface area contributed by atoms with Crippen LogP contribution in [0.5, 0.6) is 0 Å². The summed E-state index contributed by atoms with van der Waals surface area (Å²) in [5.41, 5.74) is 1.68. The van der Waals surface area contributed by atoms with Gasteiger partial charge in [0.25, 0.3) is 11.6 Å². The van der Waals surface area contributed by atoms with Crippen LogP contribution in [-0.2, 0) is 0 Å². The predicted molar refractivity (Wildman–Crippen MR) is 94.8 cm³/mol. The van der Waals surface area contributed by atoms with Gasteiger partial charge in [0.2, 0.25) is 0 Å². The molecule has 0 atom stereocenters. The van der Waals surface area contributed by atoms with Gasteiger partial charge in [0.1, 0.15) is 18.3 Å². The summed E-state index contributed by atoms with van der Waals surface area (Å²) in [6, 6.07) is 9.69. The lowest BCUT2D eigenvalue weighted by Gasteiger charge is -2.10. The minimum Gasteiger partial charge on any atom is -0.322 e. The molecule has 0 radical (unpaired) electrons. The number of aromatic nitrogens is 3. The fourth-order valence-electron chi connectivity index (χ4n) is 2.26. The lowest BCUT2D eigenvalue weighted by atomic mass is 10.1. The maximum absolute atomic E-state index is 12.5. The molecule has 9 heteroatoms. The van der Waals surface area contributed by atoms with E-state index in [1.54, 1.807) is 6.07 Å². The highest BCUT2D eigenvalue weighted by Crippen LogP contribution is 2.25. The average Bonchev–Trinajstić information content (AvgIpc) is 3.12. The number of halogens is 1. The Hall–Kier alpha value is -3.07. The van der Waals surface area contributed by atoms with E-state index in [4.69, 9.17) is 0 Å². The maximum atomic E-state index is 12.5. The van der Waals surface area contributed by atoms with E-state index in [2.05, 4.69) is 31.3 Å². The number of hydrogen-bond donors (Lipinski definition) is 1. The fourth-order valence-corrected chi connectivity index (χ4v) is 2.62. The van der Waals surface area contributed by atoms with Gasteiger partial charge in [-0.3, -0.25) is 14.9 Å². The van der Waals surface area contributed by atoms with Gasteiger partial charge in [0.15, 0.2) is 0 Å². The van der Waals surface area contributed by atoms with E-state index in [0.29, 0.717) is 5.69 Å². The minimum absolute atomic E-state index is 0.176. The zero-order valence-electron chi connectivity index (χ0n) is 13.0. The zero-order valence-corrected chi connectivity index (χ0v) is 14.6. The number of nitrogens with one attached hydrogen (secondary N) is 1. The Morgan fingerprint density at radius 2 is 2.08 bits per heavy atom. The smallest absolute Gasteiger partial charge is 0.295 e. The number of aryl methyl sites for hydroxylation is 1. The first-order chi connectivity index (χ1) is 12.0. The van der Waals surface area contributed by atoms with Crippen LogP contribution < -0.4 is 5.32 Å². The van der Waals surface area contributed by atoms with E-state index in [9.17, 15) is 14.9 Å². The van der Waals surface area contributed by atoms with Gasteiger partial charge < -0.3 is 5.32 Å². The van der Waals surface area contributed by atoms with Crippen molar-refractivity contribution in [3.8, 4) is 5.69 Å². The van der Waals surface area contributed by atoms with Crippen LogP contribution in [0.4, 0.5) is 11.4 Å². The van der Waals surface area contributed by atoms with Crippen molar-refractivity contribution in [2.75, 3.05) is 5.32 Å². The highest BCUT2D eigenvalue weighted by molar-refractivity contribution is 9.10. The maximum Gasteiger partial charge on any atom is 0.295 e. The first-order valence-electron chi connectivity index (χ1n) is 7.16. The van der Waals surface area contributed by atoms with Gasteiger partial charge in [0.05, 0.1) is 4.92 Å². The van der Waals surface area contributed by atoms with E-state index in [-0.39, 0.29) is 16.9 Å². The summed E-state index contributed by atoms with van der Waals surface area (Å²) < 4.78 is 2.10. The molecule has 0 aliphatic carbocycles. The fraction of sp³-hybridized carbons (Fsp3) is 0.0625. The molecule has 0 aliphatic rings. The molecule has 0 fully saturated rings. The summed E-state index contributed by atoms with van der Waals surface area (Å²) in [4.78, 5) is 27.0. The van der Waals surface area contributed by atoms with Crippen molar-refractivity contribution >= 4 is 33.2 Å². The van der Waals surface area contributed by atoms with E-state index >= 15 is 0 Å². The van der Waals surface area contributed by atoms with Gasteiger partial charge in [-0.15, -0.1) is 0 Å². The molecule has 0 saturated heterocycles. The van der Waals surface area contributed by atoms with Crippen LogP contribution in [0.3, 0.4) is 0 Å². The number of carbonyl (C=O) groups is 1. The second-order valence-electron chi connectivity index (χ2n) is 5.21. The molecular formula is C16H12BrN5O3. The summed E-state index contributed by atoms with van der Waals surface area (Å²) in [5.74, 6) is -0.436. The number of nitrogens with zero attached hydrogens (tertiary/aromatic N) is 4. The van der Waals surface area contributed by atoms with Crippen molar-refractivity contribution in [2.45, 2.75) is 6.92 Å². The number of rotatable bonds is 4. The van der Waals surface area contributed by atoms with E-state index < -0.39 is 10.8 Å². The molecule has 1 heterocycles. The molecule has 1 N–H and O–H groups in total. The quantitative estimate of drug-likeness (QED) is 0.532. The third-order valence-electron chi connectivity index (χ3n) is 3.55. The normalized spacial score (nSPS) is 10.5. The largest absolute Gasteiger partial charge is 0.322 e. The Labute approximate surface area is 150 Å². The van der Waals surface area contributed by atoms with Gasteiger partial charge in [-0.25, -0.2) is 9.67 Å². The third-order valence-corrected chi connectivity index (χ3v) is 4.04. The molecule has 0 bridgehead atoms. The van der Waals surface area contributed by atoms with Crippen molar-refractivity contribution in [3.05, 3.63) is 74.8 Å². The van der Waals surface area contributed by atoms with Crippen LogP contribution in [0.2, 0.25) is 0 Å². The second kappa shape index (κ2) is 6.81. The minimum atomic E-state index is -0.557. The Morgan fingerprint density at radius 1 is 1.28 bits per heavy atom. The van der Waals surface area contributed by atoms with Gasteiger partial charge in [-0.1, -0.05) is 22.0 Å². The SMILES string of the molecule is Cc1ccc(Br)cc1NC(=O)c1ccc(-n2cncn2)c([N+](=O)[O-])c1. The van der Waals surface area contributed by atoms with Crippen LogP contribution in [0.25, 0.3) is 5.69 Å². The van der Waals surface area contributed by atoms with Crippen molar-refractivity contribution < 1.29 is 9.72 Å². The van der Waals surface area contributed by atoms with Gasteiger partial charge in [0, 0.05) is 21.8 Å². The van der Waals surface area contributed by atoms with Crippen LogP contribution in [0.1, 0.15) is 15.9 Å². The van der Waals surface area contributed by atoms with E-state index in [1.807, 2.05) is 19.1 Å². The predicted octanol–water partition coefficient (Wildman–Crippen LogP) is 3.50. The molecule has 2 aromatic carbocycles. The average molecular weight is 402 g/mol.